The van der Waals surface area contributed by atoms with E-state index in [1.807, 2.05) is 30.3 Å². The molecule has 154 valence electrons. The number of hydrogen-bond donors (Lipinski definition) is 1. The zero-order valence-electron chi connectivity index (χ0n) is 16.6. The number of piperidine rings is 1. The van der Waals surface area contributed by atoms with Gasteiger partial charge in [-0.05, 0) is 55.7 Å². The number of halogens is 2. The molecule has 0 radical (unpaired) electrons. The Morgan fingerprint density at radius 1 is 1.10 bits per heavy atom. The molecule has 2 heterocycles. The van der Waals surface area contributed by atoms with Gasteiger partial charge in [-0.2, -0.15) is 0 Å². The van der Waals surface area contributed by atoms with Gasteiger partial charge in [0.15, 0.2) is 5.82 Å². The molecule has 4 rings (SSSR count). The van der Waals surface area contributed by atoms with Crippen LogP contribution in [0.3, 0.4) is 0 Å². The number of carbonyl (C=O) groups excluding carboxylic acids is 1. The highest BCUT2D eigenvalue weighted by Gasteiger charge is 2.27. The molecular weight excluding hydrogens is 419 g/mol. The van der Waals surface area contributed by atoms with Crippen molar-refractivity contribution in [1.82, 2.24) is 10.2 Å². The van der Waals surface area contributed by atoms with Crippen molar-refractivity contribution in [2.75, 3.05) is 23.3 Å². The van der Waals surface area contributed by atoms with Crippen molar-refractivity contribution in [3.05, 3.63) is 70.2 Å². The number of amides is 1. The van der Waals surface area contributed by atoms with Crippen LogP contribution >= 0.6 is 23.2 Å². The van der Waals surface area contributed by atoms with Gasteiger partial charge >= 0.3 is 0 Å². The van der Waals surface area contributed by atoms with E-state index in [1.54, 1.807) is 18.2 Å². The summed E-state index contributed by atoms with van der Waals surface area (Å²) in [5.41, 5.74) is 3.66. The second-order valence-electron chi connectivity index (χ2n) is 7.49. The van der Waals surface area contributed by atoms with Gasteiger partial charge in [0.2, 0.25) is 5.91 Å². The van der Waals surface area contributed by atoms with Gasteiger partial charge in [0.1, 0.15) is 0 Å². The summed E-state index contributed by atoms with van der Waals surface area (Å²) in [5, 5.41) is 12.7. The van der Waals surface area contributed by atoms with Crippen LogP contribution in [0.15, 0.2) is 54.6 Å². The zero-order chi connectivity index (χ0) is 21.1. The second kappa shape index (κ2) is 9.02. The molecule has 0 unspecified atom stereocenters. The number of carbonyl (C=O) groups is 1. The first kappa shape index (κ1) is 20.6. The summed E-state index contributed by atoms with van der Waals surface area (Å²) < 4.78 is 0. The molecule has 3 aromatic rings. The third-order valence-electron chi connectivity index (χ3n) is 5.38. The van der Waals surface area contributed by atoms with Crippen LogP contribution in [0, 0.1) is 12.8 Å². The predicted octanol–water partition coefficient (Wildman–Crippen LogP) is 5.61. The van der Waals surface area contributed by atoms with Gasteiger partial charge in [0.05, 0.1) is 22.3 Å². The molecule has 5 nitrogen and oxygen atoms in total. The second-order valence-corrected chi connectivity index (χ2v) is 8.33. The predicted molar refractivity (Wildman–Crippen MR) is 122 cm³/mol. The van der Waals surface area contributed by atoms with Gasteiger partial charge in [-0.3, -0.25) is 4.79 Å². The Hall–Kier alpha value is -2.63. The minimum atomic E-state index is -0.150. The first-order valence-electron chi connectivity index (χ1n) is 9.92. The molecule has 1 aromatic heterocycles. The van der Waals surface area contributed by atoms with E-state index in [4.69, 9.17) is 23.2 Å². The minimum Gasteiger partial charge on any atom is -0.354 e. The van der Waals surface area contributed by atoms with Crippen molar-refractivity contribution in [3.8, 4) is 11.3 Å². The largest absolute Gasteiger partial charge is 0.354 e. The zero-order valence-corrected chi connectivity index (χ0v) is 18.1. The van der Waals surface area contributed by atoms with E-state index >= 15 is 0 Å². The maximum Gasteiger partial charge on any atom is 0.229 e. The number of nitrogens with one attached hydrogen (secondary N) is 1. The summed E-state index contributed by atoms with van der Waals surface area (Å²) in [6.45, 7) is 3.50. The number of nitrogens with zero attached hydrogens (tertiary/aromatic N) is 3. The average molecular weight is 441 g/mol. The number of benzene rings is 2. The Kier molecular flexibility index (Phi) is 6.21. The van der Waals surface area contributed by atoms with Crippen LogP contribution in [0.4, 0.5) is 11.5 Å². The SMILES string of the molecule is Cc1ccccc1-c1ccc(N2CCC[C@H](C(=O)Nc3ccc(Cl)cc3Cl)C2)nn1. The number of aryl methyl sites for hydroxylation is 1. The maximum atomic E-state index is 12.8. The van der Waals surface area contributed by atoms with Crippen LogP contribution in [0.1, 0.15) is 18.4 Å². The number of aromatic nitrogens is 2. The molecule has 1 N–H and O–H groups in total. The summed E-state index contributed by atoms with van der Waals surface area (Å²) >= 11 is 12.1. The monoisotopic (exact) mass is 440 g/mol. The van der Waals surface area contributed by atoms with E-state index in [-0.39, 0.29) is 11.8 Å². The number of hydrogen-bond acceptors (Lipinski definition) is 4. The van der Waals surface area contributed by atoms with Crippen LogP contribution in [-0.4, -0.2) is 29.2 Å². The number of anilines is 2. The van der Waals surface area contributed by atoms with Gasteiger partial charge in [-0.25, -0.2) is 0 Å². The highest BCUT2D eigenvalue weighted by atomic mass is 35.5. The Morgan fingerprint density at radius 3 is 2.67 bits per heavy atom. The summed E-state index contributed by atoms with van der Waals surface area (Å²) in [4.78, 5) is 14.9. The summed E-state index contributed by atoms with van der Waals surface area (Å²) in [7, 11) is 0. The Morgan fingerprint density at radius 2 is 1.93 bits per heavy atom. The van der Waals surface area contributed by atoms with E-state index in [0.29, 0.717) is 22.3 Å². The fourth-order valence-corrected chi connectivity index (χ4v) is 4.18. The smallest absolute Gasteiger partial charge is 0.229 e. The molecule has 0 saturated carbocycles. The number of rotatable bonds is 4. The van der Waals surface area contributed by atoms with E-state index in [9.17, 15) is 4.79 Å². The fraction of sp³-hybridized carbons (Fsp3) is 0.261. The van der Waals surface area contributed by atoms with Crippen molar-refractivity contribution in [3.63, 3.8) is 0 Å². The Balaban J connectivity index is 1.44. The van der Waals surface area contributed by atoms with Gasteiger partial charge in [-0.15, -0.1) is 10.2 Å². The van der Waals surface area contributed by atoms with E-state index in [1.165, 1.54) is 0 Å². The molecular formula is C23H22Cl2N4O. The molecule has 1 aliphatic heterocycles. The van der Waals surface area contributed by atoms with E-state index < -0.39 is 0 Å². The lowest BCUT2D eigenvalue weighted by Gasteiger charge is -2.32. The summed E-state index contributed by atoms with van der Waals surface area (Å²) in [6.07, 6.45) is 1.73. The normalized spacial score (nSPS) is 16.4. The first-order chi connectivity index (χ1) is 14.5. The lowest BCUT2D eigenvalue weighted by Crippen LogP contribution is -2.41. The fourth-order valence-electron chi connectivity index (χ4n) is 3.72. The molecule has 1 saturated heterocycles. The third-order valence-corrected chi connectivity index (χ3v) is 5.92. The van der Waals surface area contributed by atoms with Crippen LogP contribution < -0.4 is 10.2 Å². The van der Waals surface area contributed by atoms with Crippen molar-refractivity contribution in [1.29, 1.82) is 0 Å². The van der Waals surface area contributed by atoms with Crippen molar-refractivity contribution in [2.24, 2.45) is 5.92 Å². The van der Waals surface area contributed by atoms with E-state index in [2.05, 4.69) is 33.4 Å². The van der Waals surface area contributed by atoms with Crippen molar-refractivity contribution in [2.45, 2.75) is 19.8 Å². The standard InChI is InChI=1S/C23H22Cl2N4O/c1-15-5-2-3-7-18(15)20-10-11-22(28-27-20)29-12-4-6-16(14-29)23(30)26-21-9-8-17(24)13-19(21)25/h2-3,5,7-11,13,16H,4,6,12,14H2,1H3,(H,26,30)/t16-/m0/s1. The van der Waals surface area contributed by atoms with E-state index in [0.717, 1.165) is 42.0 Å². The molecule has 1 aliphatic rings. The maximum absolute atomic E-state index is 12.8. The molecule has 0 bridgehead atoms. The van der Waals surface area contributed by atoms with Gasteiger partial charge in [-0.1, -0.05) is 47.5 Å². The molecule has 2 aromatic carbocycles. The molecule has 30 heavy (non-hydrogen) atoms. The molecule has 1 amide bonds. The third kappa shape index (κ3) is 4.58. The van der Waals surface area contributed by atoms with Crippen molar-refractivity contribution < 1.29 is 4.79 Å². The molecule has 0 aliphatic carbocycles. The topological polar surface area (TPSA) is 58.1 Å². The van der Waals surface area contributed by atoms with Gasteiger partial charge in [0.25, 0.3) is 0 Å². The van der Waals surface area contributed by atoms with Gasteiger partial charge < -0.3 is 10.2 Å². The molecule has 0 spiro atoms. The minimum absolute atomic E-state index is 0.0478. The van der Waals surface area contributed by atoms with Crippen LogP contribution in [-0.2, 0) is 4.79 Å². The highest BCUT2D eigenvalue weighted by molar-refractivity contribution is 6.36. The highest BCUT2D eigenvalue weighted by Crippen LogP contribution is 2.28. The van der Waals surface area contributed by atoms with Gasteiger partial charge in [0, 0.05) is 23.7 Å². The Bertz CT molecular complexity index is 1060. The molecule has 1 fully saturated rings. The first-order valence-corrected chi connectivity index (χ1v) is 10.7. The summed E-state index contributed by atoms with van der Waals surface area (Å²) in [6, 6.07) is 17.1. The lowest BCUT2D eigenvalue weighted by atomic mass is 9.97. The quantitative estimate of drug-likeness (QED) is 0.572. The lowest BCUT2D eigenvalue weighted by molar-refractivity contribution is -0.120. The van der Waals surface area contributed by atoms with Crippen LogP contribution in [0.5, 0.6) is 0 Å². The van der Waals surface area contributed by atoms with Crippen molar-refractivity contribution >= 4 is 40.6 Å². The van der Waals surface area contributed by atoms with Crippen LogP contribution in [0.2, 0.25) is 10.0 Å². The Labute approximate surface area is 186 Å². The summed E-state index contributed by atoms with van der Waals surface area (Å²) in [5.74, 6) is 0.589. The average Bonchev–Trinajstić information content (AvgIpc) is 2.76. The molecule has 7 heteroatoms. The van der Waals surface area contributed by atoms with Crippen LogP contribution in [0.25, 0.3) is 11.3 Å². The molecule has 1 atom stereocenters.